The summed E-state index contributed by atoms with van der Waals surface area (Å²) >= 11 is 3.69. The van der Waals surface area contributed by atoms with E-state index in [0.717, 1.165) is 153 Å². The maximum atomic E-state index is 13.8. The van der Waals surface area contributed by atoms with E-state index in [2.05, 4.69) is 82.8 Å². The third-order valence-electron chi connectivity index (χ3n) is 15.4. The van der Waals surface area contributed by atoms with E-state index < -0.39 is 24.9 Å². The largest absolute Gasteiger partial charge is 0.494 e. The average Bonchev–Trinajstić information content (AvgIpc) is 3.89. The zero-order valence-electron chi connectivity index (χ0n) is 41.0. The highest BCUT2D eigenvalue weighted by atomic mass is 79.9. The molecule has 10 rings (SSSR count). The first-order valence-corrected chi connectivity index (χ1v) is 27.9. The van der Waals surface area contributed by atoms with Crippen LogP contribution in [0.25, 0.3) is 10.9 Å². The van der Waals surface area contributed by atoms with Crippen LogP contribution in [-0.4, -0.2) is 125 Å². The minimum atomic E-state index is -2.39. The fourth-order valence-electron chi connectivity index (χ4n) is 11.7. The summed E-state index contributed by atoms with van der Waals surface area (Å²) in [6.45, 7) is 15.0. The molecule has 4 fully saturated rings. The highest BCUT2D eigenvalue weighted by Gasteiger charge is 2.50. The SMILES string of the molecule is CCc1cc(Nc2ncc(Br)c(Nc3ccc4nc(C)ccc4c3[P+]3(O)CCCC3)n2)c(OC)cc1N1CCC(N2CCN(CCc3cccc4c3C(C)(C)C(=O)N4C3CCC(=O)NC3=O)CC2)CC1. The first-order chi connectivity index (χ1) is 33.7. The first kappa shape index (κ1) is 48.4. The van der Waals surface area contributed by atoms with Crippen molar-refractivity contribution >= 4 is 91.9 Å². The molecule has 70 heavy (non-hydrogen) atoms. The number of hydrogen-bond acceptors (Lipinski definition) is 13. The molecule has 3 amide bonds. The fraction of sp³-hybridized carbons (Fsp3) is 0.472. The Morgan fingerprint density at radius 1 is 0.900 bits per heavy atom. The number of piperidine rings is 2. The predicted molar refractivity (Wildman–Crippen MR) is 283 cm³/mol. The number of nitrogens with one attached hydrogen (secondary N) is 3. The van der Waals surface area contributed by atoms with Crippen molar-refractivity contribution in [1.29, 1.82) is 0 Å². The Balaban J connectivity index is 0.765. The van der Waals surface area contributed by atoms with Crippen LogP contribution in [0.4, 0.5) is 34.5 Å². The number of aryl methyl sites for hydroxylation is 2. The number of rotatable bonds is 13. The molecule has 5 aliphatic rings. The summed E-state index contributed by atoms with van der Waals surface area (Å²) in [4.78, 5) is 74.5. The summed E-state index contributed by atoms with van der Waals surface area (Å²) in [5.41, 5.74) is 8.11. The molecule has 4 N–H and O–H groups in total. The number of piperazine rings is 1. The number of methoxy groups -OCH3 is 1. The van der Waals surface area contributed by atoms with Crippen molar-refractivity contribution in [3.05, 3.63) is 87.7 Å². The van der Waals surface area contributed by atoms with Gasteiger partial charge < -0.3 is 25.2 Å². The first-order valence-electron chi connectivity index (χ1n) is 25.0. The molecule has 17 heteroatoms. The van der Waals surface area contributed by atoms with Gasteiger partial charge in [0, 0.05) is 93.0 Å². The molecule has 2 aromatic heterocycles. The lowest BCUT2D eigenvalue weighted by molar-refractivity contribution is -0.136. The highest BCUT2D eigenvalue weighted by molar-refractivity contribution is 9.10. The number of aromatic nitrogens is 3. The van der Waals surface area contributed by atoms with Crippen LogP contribution in [0.15, 0.2) is 65.3 Å². The molecular formula is C53H65BrN10O5P+. The average molecular weight is 1030 g/mol. The number of carbonyl (C=O) groups excluding carboxylic acids is 3. The maximum Gasteiger partial charge on any atom is 0.249 e. The van der Waals surface area contributed by atoms with Gasteiger partial charge in [-0.3, -0.25) is 34.5 Å². The Bertz CT molecular complexity index is 2840. The molecule has 0 saturated carbocycles. The van der Waals surface area contributed by atoms with Gasteiger partial charge in [0.15, 0.2) is 18.6 Å². The predicted octanol–water partition coefficient (Wildman–Crippen LogP) is 7.76. The number of imide groups is 1. The summed E-state index contributed by atoms with van der Waals surface area (Å²) in [6.07, 6.45) is 9.82. The number of benzene rings is 3. The number of pyridine rings is 1. The molecule has 5 aliphatic heterocycles. The van der Waals surface area contributed by atoms with Gasteiger partial charge in [0.2, 0.25) is 23.7 Å². The highest BCUT2D eigenvalue weighted by Crippen LogP contribution is 2.61. The summed E-state index contributed by atoms with van der Waals surface area (Å²) in [6, 6.07) is 18.4. The molecule has 7 heterocycles. The lowest BCUT2D eigenvalue weighted by Gasteiger charge is -2.43. The van der Waals surface area contributed by atoms with Crippen LogP contribution < -0.4 is 35.8 Å². The molecule has 3 aromatic carbocycles. The molecule has 4 saturated heterocycles. The molecule has 1 atom stereocenters. The van der Waals surface area contributed by atoms with Crippen LogP contribution in [0.2, 0.25) is 0 Å². The molecule has 5 aromatic rings. The van der Waals surface area contributed by atoms with E-state index in [9.17, 15) is 19.3 Å². The van der Waals surface area contributed by atoms with Gasteiger partial charge >= 0.3 is 0 Å². The van der Waals surface area contributed by atoms with Crippen molar-refractivity contribution in [2.45, 2.75) is 96.6 Å². The Hall–Kier alpha value is -5.25. The quantitative estimate of drug-likeness (QED) is 0.0668. The van der Waals surface area contributed by atoms with Gasteiger partial charge in [-0.05, 0) is 135 Å². The molecule has 1 unspecified atom stereocenters. The number of anilines is 6. The number of nitrogens with zero attached hydrogens (tertiary/aromatic N) is 7. The smallest absolute Gasteiger partial charge is 0.249 e. The number of ether oxygens (including phenoxy) is 1. The topological polar surface area (TPSA) is 168 Å². The molecule has 0 spiro atoms. The Morgan fingerprint density at radius 2 is 1.67 bits per heavy atom. The maximum absolute atomic E-state index is 13.8. The van der Waals surface area contributed by atoms with E-state index in [1.165, 1.54) is 11.3 Å². The van der Waals surface area contributed by atoms with Crippen LogP contribution in [0.1, 0.15) is 81.7 Å². The van der Waals surface area contributed by atoms with Gasteiger partial charge in [-0.1, -0.05) is 19.1 Å². The zero-order valence-corrected chi connectivity index (χ0v) is 43.5. The minimum Gasteiger partial charge on any atom is -0.494 e. The van der Waals surface area contributed by atoms with Gasteiger partial charge in [0.05, 0.1) is 46.2 Å². The Labute approximate surface area is 419 Å². The van der Waals surface area contributed by atoms with Crippen molar-refractivity contribution in [3.8, 4) is 5.75 Å². The second kappa shape index (κ2) is 19.7. The number of fused-ring (bicyclic) bond motifs is 2. The van der Waals surface area contributed by atoms with Crippen molar-refractivity contribution in [1.82, 2.24) is 30.1 Å². The van der Waals surface area contributed by atoms with Crippen LogP contribution in [-0.2, 0) is 32.6 Å². The molecule has 0 bridgehead atoms. The summed E-state index contributed by atoms with van der Waals surface area (Å²) in [7, 11) is -0.681. The monoisotopic (exact) mass is 1030 g/mol. The van der Waals surface area contributed by atoms with E-state index in [1.54, 1.807) is 18.2 Å². The second-order valence-corrected chi connectivity index (χ2v) is 24.2. The van der Waals surface area contributed by atoms with E-state index in [-0.39, 0.29) is 18.2 Å². The number of hydrogen-bond donors (Lipinski definition) is 4. The van der Waals surface area contributed by atoms with Gasteiger partial charge in [0.1, 0.15) is 11.8 Å². The standard InChI is InChI=1S/C53H64BrN10O5P/c1-6-34-30-41(58-52-55-32-38(54)49(60-52)57-40-15-14-39-37(13-12-33(2)56-39)48(40)70(68)28-7-8-29-70)45(69-5)31-44(34)63-22-19-36(20-23-63)62-26-24-61(25-27-62)21-18-35-10-9-11-42-47(35)53(3,4)51(67)64(42)43-16-17-46(65)59-50(43)66/h9-15,30-32,36,43,68H,6-8,16-29H2,1-5H3,(H2-,55,57,58,59,60,65,66)/p+1. The van der Waals surface area contributed by atoms with Crippen LogP contribution in [0, 0.1) is 6.92 Å². The van der Waals surface area contributed by atoms with Crippen LogP contribution in [0.5, 0.6) is 5.75 Å². The number of amides is 3. The van der Waals surface area contributed by atoms with E-state index in [1.807, 2.05) is 51.1 Å². The van der Waals surface area contributed by atoms with Crippen molar-refractivity contribution in [2.75, 3.05) is 85.7 Å². The van der Waals surface area contributed by atoms with Crippen molar-refractivity contribution < 1.29 is 24.0 Å². The van der Waals surface area contributed by atoms with Crippen molar-refractivity contribution in [3.63, 3.8) is 0 Å². The zero-order chi connectivity index (χ0) is 48.9. The Morgan fingerprint density at radius 3 is 2.40 bits per heavy atom. The van der Waals surface area contributed by atoms with Crippen molar-refractivity contribution in [2.24, 2.45) is 0 Å². The van der Waals surface area contributed by atoms with Gasteiger partial charge in [-0.15, -0.1) is 0 Å². The number of carbonyl (C=O) groups is 3. The van der Waals surface area contributed by atoms with E-state index >= 15 is 0 Å². The fourth-order valence-corrected chi connectivity index (χ4v) is 15.4. The summed E-state index contributed by atoms with van der Waals surface area (Å²) in [5, 5.41) is 11.4. The van der Waals surface area contributed by atoms with E-state index in [0.29, 0.717) is 28.7 Å². The molecular weight excluding hydrogens is 968 g/mol. The Kier molecular flexibility index (Phi) is 13.6. The van der Waals surface area contributed by atoms with Crippen LogP contribution in [0.3, 0.4) is 0 Å². The van der Waals surface area contributed by atoms with Gasteiger partial charge in [-0.25, -0.2) is 9.88 Å². The van der Waals surface area contributed by atoms with Gasteiger partial charge in [0.25, 0.3) is 0 Å². The minimum absolute atomic E-state index is 0.0827. The molecule has 0 aliphatic carbocycles. The third kappa shape index (κ3) is 9.26. The second-order valence-electron chi connectivity index (χ2n) is 20.2. The summed E-state index contributed by atoms with van der Waals surface area (Å²) < 4.78 is 6.74. The lowest BCUT2D eigenvalue weighted by atomic mass is 9.82. The lowest BCUT2D eigenvalue weighted by Crippen LogP contribution is -2.55. The normalized spacial score (nSPS) is 20.8. The molecule has 368 valence electrons. The van der Waals surface area contributed by atoms with E-state index in [4.69, 9.17) is 14.7 Å². The third-order valence-corrected chi connectivity index (χ3v) is 19.5. The van der Waals surface area contributed by atoms with Crippen LogP contribution >= 0.6 is 23.4 Å². The van der Waals surface area contributed by atoms with Gasteiger partial charge in [-0.2, -0.15) is 4.98 Å². The molecule has 15 nitrogen and oxygen atoms in total. The molecule has 0 radical (unpaired) electrons. The number of halogens is 1. The summed E-state index contributed by atoms with van der Waals surface area (Å²) in [5.74, 6) is 0.989.